The van der Waals surface area contributed by atoms with Crippen LogP contribution in [0.15, 0.2) is 71.0 Å². The molecule has 132 valence electrons. The molecule has 6 heteroatoms. The van der Waals surface area contributed by atoms with Gasteiger partial charge in [-0.25, -0.2) is 4.57 Å². The molecule has 0 fully saturated rings. The molecule has 4 aromatic rings. The summed E-state index contributed by atoms with van der Waals surface area (Å²) in [5.74, 6) is 0. The highest BCUT2D eigenvalue weighted by atomic mass is 35.5. The molecule has 0 atom stereocenters. The van der Waals surface area contributed by atoms with Crippen molar-refractivity contribution in [3.63, 3.8) is 0 Å². The van der Waals surface area contributed by atoms with Crippen LogP contribution >= 0.6 is 11.3 Å². The first-order chi connectivity index (χ1) is 12.1. The zero-order valence-electron chi connectivity index (χ0n) is 14.8. The van der Waals surface area contributed by atoms with Gasteiger partial charge in [0.25, 0.3) is 0 Å². The monoisotopic (exact) mass is 382 g/mol. The highest BCUT2D eigenvalue weighted by molar-refractivity contribution is 7.14. The number of rotatable bonds is 3. The van der Waals surface area contributed by atoms with Crippen LogP contribution in [0.1, 0.15) is 4.88 Å². The number of thiazole rings is 1. The molecule has 0 aliphatic carbocycles. The van der Waals surface area contributed by atoms with E-state index in [0.717, 1.165) is 33.0 Å². The lowest BCUT2D eigenvalue weighted by molar-refractivity contribution is -0.654. The average Bonchev–Trinajstić information content (AvgIpc) is 3.10. The summed E-state index contributed by atoms with van der Waals surface area (Å²) < 4.78 is 4.20. The molecule has 0 amide bonds. The topological polar surface area (TPSA) is 33.5 Å². The Labute approximate surface area is 162 Å². The number of hydrogen-bond acceptors (Lipinski definition) is 3. The molecule has 0 radical (unpaired) electrons. The quantitative estimate of drug-likeness (QED) is 0.385. The molecule has 2 aromatic heterocycles. The van der Waals surface area contributed by atoms with Crippen molar-refractivity contribution in [1.29, 1.82) is 0 Å². The van der Waals surface area contributed by atoms with Crippen LogP contribution in [0.4, 0.5) is 10.8 Å². The van der Waals surface area contributed by atoms with E-state index in [1.165, 1.54) is 4.88 Å². The maximum Gasteiger partial charge on any atom is 0.408 e. The molecule has 0 saturated carbocycles. The van der Waals surface area contributed by atoms with Crippen molar-refractivity contribution in [2.45, 2.75) is 6.92 Å². The van der Waals surface area contributed by atoms with Gasteiger partial charge < -0.3 is 17.0 Å². The molecule has 0 bridgehead atoms. The van der Waals surface area contributed by atoms with Crippen molar-refractivity contribution >= 4 is 33.1 Å². The van der Waals surface area contributed by atoms with E-state index in [0.29, 0.717) is 0 Å². The summed E-state index contributed by atoms with van der Waals surface area (Å²) in [6, 6.07) is 18.7. The number of aromatic nitrogens is 2. The van der Waals surface area contributed by atoms with Crippen LogP contribution in [0.25, 0.3) is 22.2 Å². The Bertz CT molecular complexity index is 1080. The fraction of sp³-hybridized carbons (Fsp3) is 0.150. The molecule has 0 saturated heterocycles. The van der Waals surface area contributed by atoms with Gasteiger partial charge in [-0.3, -0.25) is 0 Å². The Balaban J connectivity index is 0.00000196. The lowest BCUT2D eigenvalue weighted by Gasteiger charge is -2.04. The predicted octanol–water partition coefficient (Wildman–Crippen LogP) is 2.46. The van der Waals surface area contributed by atoms with E-state index in [1.807, 2.05) is 23.7 Å². The van der Waals surface area contributed by atoms with Gasteiger partial charge in [0.05, 0.1) is 23.4 Å². The fourth-order valence-electron chi connectivity index (χ4n) is 3.15. The summed E-state index contributed by atoms with van der Waals surface area (Å²) in [6.07, 6.45) is 2.07. The molecule has 4 nitrogen and oxygen atoms in total. The zero-order chi connectivity index (χ0) is 17.4. The Kier molecular flexibility index (Phi) is 5.20. The van der Waals surface area contributed by atoms with E-state index in [4.69, 9.17) is 0 Å². The van der Waals surface area contributed by atoms with Crippen molar-refractivity contribution in [3.05, 3.63) is 65.7 Å². The number of hydrogen-bond donors (Lipinski definition) is 0. The van der Waals surface area contributed by atoms with E-state index in [2.05, 4.69) is 77.4 Å². The smallest absolute Gasteiger partial charge is 0.408 e. The summed E-state index contributed by atoms with van der Waals surface area (Å²) >= 11 is 1.64. The van der Waals surface area contributed by atoms with Crippen LogP contribution in [-0.4, -0.2) is 4.57 Å². The van der Waals surface area contributed by atoms with Gasteiger partial charge in [0, 0.05) is 22.9 Å². The molecule has 0 aliphatic rings. The molecular weight excluding hydrogens is 364 g/mol. The van der Waals surface area contributed by atoms with E-state index in [-0.39, 0.29) is 12.4 Å². The Hall–Kier alpha value is -2.50. The average molecular weight is 383 g/mol. The zero-order valence-corrected chi connectivity index (χ0v) is 16.4. The summed E-state index contributed by atoms with van der Waals surface area (Å²) in [5.41, 5.74) is 4.29. The van der Waals surface area contributed by atoms with Crippen molar-refractivity contribution in [3.8, 4) is 11.3 Å². The lowest BCUT2D eigenvalue weighted by Crippen LogP contribution is -3.00. The summed E-state index contributed by atoms with van der Waals surface area (Å²) in [4.78, 5) is 1.22. The van der Waals surface area contributed by atoms with E-state index in [1.54, 1.807) is 11.3 Å². The lowest BCUT2D eigenvalue weighted by atomic mass is 10.1. The molecule has 0 N–H and O–H groups in total. The highest BCUT2D eigenvalue weighted by Crippen LogP contribution is 2.40. The maximum atomic E-state index is 4.67. The van der Waals surface area contributed by atoms with Crippen LogP contribution in [0.5, 0.6) is 0 Å². The molecule has 2 heterocycles. The highest BCUT2D eigenvalue weighted by Gasteiger charge is 2.19. The largest absolute Gasteiger partial charge is 1.00 e. The third kappa shape index (κ3) is 3.16. The van der Waals surface area contributed by atoms with Gasteiger partial charge >= 0.3 is 5.13 Å². The number of nitrogens with zero attached hydrogens (tertiary/aromatic N) is 4. The SMILES string of the molecule is Cc1c[n+](C)c(/N=N/c2c(-c3ccccc3)n(C)c3ccccc23)s1.[Cl-]. The predicted molar refractivity (Wildman–Crippen MR) is 103 cm³/mol. The first-order valence-electron chi connectivity index (χ1n) is 8.16. The van der Waals surface area contributed by atoms with Gasteiger partial charge in [0.1, 0.15) is 11.9 Å². The Morgan fingerprint density at radius 1 is 0.962 bits per heavy atom. The third-order valence-corrected chi connectivity index (χ3v) is 5.27. The van der Waals surface area contributed by atoms with Gasteiger partial charge in [0.2, 0.25) is 0 Å². The number of para-hydroxylation sites is 1. The van der Waals surface area contributed by atoms with Crippen LogP contribution in [-0.2, 0) is 14.1 Å². The van der Waals surface area contributed by atoms with Crippen LogP contribution in [0.2, 0.25) is 0 Å². The van der Waals surface area contributed by atoms with Crippen LogP contribution in [0.3, 0.4) is 0 Å². The van der Waals surface area contributed by atoms with Gasteiger partial charge in [0.15, 0.2) is 0 Å². The number of benzene rings is 2. The van der Waals surface area contributed by atoms with Crippen molar-refractivity contribution in [1.82, 2.24) is 4.57 Å². The number of azo groups is 1. The number of halogens is 1. The molecule has 0 unspecified atom stereocenters. The van der Waals surface area contributed by atoms with Gasteiger partial charge in [-0.2, -0.15) is 0 Å². The minimum Gasteiger partial charge on any atom is -1.00 e. The fourth-order valence-corrected chi connectivity index (χ4v) is 3.93. The van der Waals surface area contributed by atoms with Gasteiger partial charge in [-0.05, 0) is 29.4 Å². The van der Waals surface area contributed by atoms with Crippen molar-refractivity contribution in [2.75, 3.05) is 0 Å². The summed E-state index contributed by atoms with van der Waals surface area (Å²) in [5, 5.41) is 11.2. The van der Waals surface area contributed by atoms with Crippen molar-refractivity contribution in [2.24, 2.45) is 24.3 Å². The number of aryl methyl sites for hydroxylation is 3. The first-order valence-corrected chi connectivity index (χ1v) is 8.97. The van der Waals surface area contributed by atoms with Crippen LogP contribution < -0.4 is 17.0 Å². The number of fused-ring (bicyclic) bond motifs is 1. The minimum absolute atomic E-state index is 0. The molecule has 26 heavy (non-hydrogen) atoms. The van der Waals surface area contributed by atoms with Crippen LogP contribution in [0, 0.1) is 6.92 Å². The standard InChI is InChI=1S/C20H19N4S.ClH/c1-14-13-23(2)20(25-14)22-21-18-16-11-7-8-12-17(16)24(3)19(18)15-9-5-4-6-10-15;/h4-13H,1-3H3;1H/q+1;/p-1. The van der Waals surface area contributed by atoms with E-state index in [9.17, 15) is 0 Å². The minimum atomic E-state index is 0. The molecule has 0 aliphatic heterocycles. The molecule has 4 rings (SSSR count). The normalized spacial score (nSPS) is 11.2. The van der Waals surface area contributed by atoms with Crippen molar-refractivity contribution < 1.29 is 17.0 Å². The van der Waals surface area contributed by atoms with Gasteiger partial charge in [-0.15, -0.1) is 0 Å². The third-order valence-electron chi connectivity index (χ3n) is 4.29. The summed E-state index contributed by atoms with van der Waals surface area (Å²) in [6.45, 7) is 2.08. The Morgan fingerprint density at radius 2 is 1.65 bits per heavy atom. The summed E-state index contributed by atoms with van der Waals surface area (Å²) in [7, 11) is 4.08. The molecular formula is C20H19ClN4S. The second-order valence-electron chi connectivity index (χ2n) is 6.07. The van der Waals surface area contributed by atoms with E-state index >= 15 is 0 Å². The van der Waals surface area contributed by atoms with Gasteiger partial charge in [-0.1, -0.05) is 48.5 Å². The molecule has 2 aromatic carbocycles. The maximum absolute atomic E-state index is 4.67. The van der Waals surface area contributed by atoms with E-state index < -0.39 is 0 Å². The second-order valence-corrected chi connectivity index (χ2v) is 7.29. The Morgan fingerprint density at radius 3 is 2.35 bits per heavy atom. The molecule has 0 spiro atoms. The second kappa shape index (κ2) is 7.40. The first kappa shape index (κ1) is 18.3.